The topological polar surface area (TPSA) is 58.2 Å². The van der Waals surface area contributed by atoms with Crippen LogP contribution in [-0.4, -0.2) is 21.0 Å². The van der Waals surface area contributed by atoms with Crippen LogP contribution in [0.4, 0.5) is 0 Å². The van der Waals surface area contributed by atoms with Crippen molar-refractivity contribution in [3.8, 4) is 0 Å². The van der Waals surface area contributed by atoms with E-state index < -0.39 is 10.0 Å². The third-order valence-corrected chi connectivity index (χ3v) is 5.90. The summed E-state index contributed by atoms with van der Waals surface area (Å²) in [6.07, 6.45) is 1.07. The quantitative estimate of drug-likeness (QED) is 0.760. The molecule has 1 rings (SSSR count). The summed E-state index contributed by atoms with van der Waals surface area (Å²) in [6.45, 7) is 11.7. The van der Waals surface area contributed by atoms with Gasteiger partial charge in [-0.3, -0.25) is 0 Å². The third kappa shape index (κ3) is 5.16. The number of thiophene rings is 1. The van der Waals surface area contributed by atoms with Gasteiger partial charge in [0, 0.05) is 22.8 Å². The van der Waals surface area contributed by atoms with Crippen LogP contribution in [0.25, 0.3) is 0 Å². The first kappa shape index (κ1) is 17.6. The first-order valence-electron chi connectivity index (χ1n) is 6.97. The molecule has 0 radical (unpaired) electrons. The van der Waals surface area contributed by atoms with Gasteiger partial charge in [-0.15, -0.1) is 11.3 Å². The van der Waals surface area contributed by atoms with Gasteiger partial charge in [-0.05, 0) is 31.4 Å². The van der Waals surface area contributed by atoms with E-state index in [4.69, 9.17) is 0 Å². The molecule has 0 amide bonds. The molecule has 0 saturated carbocycles. The molecule has 6 heteroatoms. The number of rotatable bonds is 7. The van der Waals surface area contributed by atoms with Gasteiger partial charge in [0.1, 0.15) is 0 Å². The molecule has 0 aromatic carbocycles. The van der Waals surface area contributed by atoms with Gasteiger partial charge in [0.15, 0.2) is 0 Å². The Kier molecular flexibility index (Phi) is 6.19. The van der Waals surface area contributed by atoms with E-state index in [9.17, 15) is 8.42 Å². The molecule has 1 aromatic rings. The number of hydrogen-bond donors (Lipinski definition) is 2. The Bertz CT molecular complexity index is 516. The van der Waals surface area contributed by atoms with Crippen LogP contribution in [0.3, 0.4) is 0 Å². The molecule has 20 heavy (non-hydrogen) atoms. The molecule has 0 aliphatic carbocycles. The molecule has 0 fully saturated rings. The SMILES string of the molecule is CCCNCc1cc(S(=O)(=O)NC(C)C(C)(C)C)cs1. The van der Waals surface area contributed by atoms with Crippen molar-refractivity contribution in [1.82, 2.24) is 10.0 Å². The fourth-order valence-electron chi connectivity index (χ4n) is 1.46. The normalized spacial score (nSPS) is 14.4. The molecule has 2 N–H and O–H groups in total. The second kappa shape index (κ2) is 7.02. The minimum atomic E-state index is -3.42. The van der Waals surface area contributed by atoms with E-state index in [1.165, 1.54) is 11.3 Å². The Balaban J connectivity index is 2.73. The van der Waals surface area contributed by atoms with Crippen LogP contribution in [0.1, 0.15) is 45.9 Å². The highest BCUT2D eigenvalue weighted by Gasteiger charge is 2.26. The first-order valence-corrected chi connectivity index (χ1v) is 9.33. The molecule has 116 valence electrons. The average Bonchev–Trinajstić information content (AvgIpc) is 2.77. The van der Waals surface area contributed by atoms with Crippen molar-refractivity contribution in [2.45, 2.75) is 58.5 Å². The highest BCUT2D eigenvalue weighted by Crippen LogP contribution is 2.23. The van der Waals surface area contributed by atoms with Crippen LogP contribution in [0.2, 0.25) is 0 Å². The van der Waals surface area contributed by atoms with E-state index in [1.807, 2.05) is 27.7 Å². The maximum Gasteiger partial charge on any atom is 0.241 e. The Labute approximate surface area is 127 Å². The van der Waals surface area contributed by atoms with E-state index >= 15 is 0 Å². The smallest absolute Gasteiger partial charge is 0.241 e. The summed E-state index contributed by atoms with van der Waals surface area (Å²) >= 11 is 1.48. The summed E-state index contributed by atoms with van der Waals surface area (Å²) in [6, 6.07) is 1.64. The van der Waals surface area contributed by atoms with Crippen molar-refractivity contribution in [2.24, 2.45) is 5.41 Å². The highest BCUT2D eigenvalue weighted by atomic mass is 32.2. The largest absolute Gasteiger partial charge is 0.312 e. The molecule has 1 atom stereocenters. The van der Waals surface area contributed by atoms with Gasteiger partial charge in [0.2, 0.25) is 10.0 Å². The molecule has 1 heterocycles. The van der Waals surface area contributed by atoms with Gasteiger partial charge >= 0.3 is 0 Å². The van der Waals surface area contributed by atoms with Crippen molar-refractivity contribution in [3.63, 3.8) is 0 Å². The van der Waals surface area contributed by atoms with Gasteiger partial charge in [-0.25, -0.2) is 13.1 Å². The predicted octanol–water partition coefficient (Wildman–Crippen LogP) is 2.96. The molecule has 1 unspecified atom stereocenters. The van der Waals surface area contributed by atoms with Crippen LogP contribution in [-0.2, 0) is 16.6 Å². The van der Waals surface area contributed by atoms with E-state index in [0.29, 0.717) is 4.90 Å². The lowest BCUT2D eigenvalue weighted by Gasteiger charge is -2.27. The van der Waals surface area contributed by atoms with Crippen molar-refractivity contribution in [1.29, 1.82) is 0 Å². The van der Waals surface area contributed by atoms with Gasteiger partial charge < -0.3 is 5.32 Å². The lowest BCUT2D eigenvalue weighted by molar-refractivity contribution is 0.317. The summed E-state index contributed by atoms with van der Waals surface area (Å²) in [7, 11) is -3.42. The fraction of sp³-hybridized carbons (Fsp3) is 0.714. The van der Waals surface area contributed by atoms with E-state index in [-0.39, 0.29) is 11.5 Å². The van der Waals surface area contributed by atoms with E-state index in [1.54, 1.807) is 11.4 Å². The molecule has 0 saturated heterocycles. The zero-order valence-electron chi connectivity index (χ0n) is 13.0. The molecule has 0 aliphatic heterocycles. The maximum atomic E-state index is 12.3. The lowest BCUT2D eigenvalue weighted by Crippen LogP contribution is -2.41. The number of hydrogen-bond acceptors (Lipinski definition) is 4. The van der Waals surface area contributed by atoms with Gasteiger partial charge in [-0.2, -0.15) is 0 Å². The van der Waals surface area contributed by atoms with Crippen molar-refractivity contribution in [2.75, 3.05) is 6.54 Å². The highest BCUT2D eigenvalue weighted by molar-refractivity contribution is 7.89. The predicted molar refractivity (Wildman–Crippen MR) is 85.6 cm³/mol. The second-order valence-electron chi connectivity index (χ2n) is 6.13. The first-order chi connectivity index (χ1) is 9.16. The van der Waals surface area contributed by atoms with Crippen LogP contribution >= 0.6 is 11.3 Å². The third-order valence-electron chi connectivity index (χ3n) is 3.30. The summed E-state index contributed by atoms with van der Waals surface area (Å²) in [5.41, 5.74) is -0.103. The van der Waals surface area contributed by atoms with E-state index in [0.717, 1.165) is 24.4 Å². The second-order valence-corrected chi connectivity index (χ2v) is 8.84. The zero-order valence-corrected chi connectivity index (χ0v) is 14.6. The van der Waals surface area contributed by atoms with Gasteiger partial charge in [0.05, 0.1) is 4.90 Å². The van der Waals surface area contributed by atoms with Gasteiger partial charge in [-0.1, -0.05) is 27.7 Å². The average molecular weight is 319 g/mol. The van der Waals surface area contributed by atoms with Crippen molar-refractivity contribution < 1.29 is 8.42 Å². The molecular formula is C14H26N2O2S2. The number of sulfonamides is 1. The van der Waals surface area contributed by atoms with Crippen molar-refractivity contribution >= 4 is 21.4 Å². The zero-order chi connectivity index (χ0) is 15.4. The minimum Gasteiger partial charge on any atom is -0.312 e. The van der Waals surface area contributed by atoms with Crippen molar-refractivity contribution in [3.05, 3.63) is 16.3 Å². The monoisotopic (exact) mass is 318 g/mol. The Hall–Kier alpha value is -0.430. The number of nitrogens with one attached hydrogen (secondary N) is 2. The fourth-order valence-corrected chi connectivity index (χ4v) is 4.15. The molecule has 0 bridgehead atoms. The molecule has 1 aromatic heterocycles. The summed E-state index contributed by atoms with van der Waals surface area (Å²) in [5, 5.41) is 4.99. The standard InChI is InChI=1S/C14H26N2O2S2/c1-6-7-15-9-12-8-13(10-19-12)20(17,18)16-11(2)14(3,4)5/h8,10-11,15-16H,6-7,9H2,1-5H3. The summed E-state index contributed by atoms with van der Waals surface area (Å²) in [5.74, 6) is 0. The molecule has 0 spiro atoms. The maximum absolute atomic E-state index is 12.3. The summed E-state index contributed by atoms with van der Waals surface area (Å²) in [4.78, 5) is 1.41. The van der Waals surface area contributed by atoms with Crippen LogP contribution < -0.4 is 10.0 Å². The van der Waals surface area contributed by atoms with Gasteiger partial charge in [0.25, 0.3) is 0 Å². The Morgan fingerprint density at radius 2 is 2.00 bits per heavy atom. The Morgan fingerprint density at radius 1 is 1.35 bits per heavy atom. The molecular weight excluding hydrogens is 292 g/mol. The van der Waals surface area contributed by atoms with Crippen LogP contribution in [0, 0.1) is 5.41 Å². The molecule has 0 aliphatic rings. The minimum absolute atomic E-state index is 0.103. The Morgan fingerprint density at radius 3 is 2.55 bits per heavy atom. The van der Waals surface area contributed by atoms with Crippen LogP contribution in [0.15, 0.2) is 16.3 Å². The lowest BCUT2D eigenvalue weighted by atomic mass is 9.89. The van der Waals surface area contributed by atoms with Crippen LogP contribution in [0.5, 0.6) is 0 Å². The van der Waals surface area contributed by atoms with E-state index in [2.05, 4.69) is 17.0 Å². The molecule has 4 nitrogen and oxygen atoms in total. The summed E-state index contributed by atoms with van der Waals surface area (Å²) < 4.78 is 27.4.